The lowest BCUT2D eigenvalue weighted by Crippen LogP contribution is -2.61. The third-order valence-corrected chi connectivity index (χ3v) is 18.2. The molecule has 2 aliphatic heterocycles. The molecule has 2 aliphatic rings. The second-order valence-electron chi connectivity index (χ2n) is 24.1. The lowest BCUT2D eigenvalue weighted by Gasteiger charge is -2.45. The molecule has 0 saturated heterocycles. The maximum absolute atomic E-state index is 2.61. The summed E-state index contributed by atoms with van der Waals surface area (Å²) in [7, 11) is 0. The van der Waals surface area contributed by atoms with Gasteiger partial charge < -0.3 is 19.3 Å². The van der Waals surface area contributed by atoms with Crippen molar-refractivity contribution in [2.45, 2.75) is 26.2 Å². The fourth-order valence-electron chi connectivity index (χ4n) is 14.2. The Hall–Kier alpha value is -10.6. The quantitative estimate of drug-likeness (QED) is 0.0898. The Labute approximate surface area is 495 Å². The van der Waals surface area contributed by atoms with E-state index in [1.807, 2.05) is 0 Å². The summed E-state index contributed by atoms with van der Waals surface area (Å²) in [4.78, 5) is 7.70. The molecule has 17 rings (SSSR count). The van der Waals surface area contributed by atoms with Crippen LogP contribution in [-0.2, 0) is 5.41 Å². The first-order valence-electron chi connectivity index (χ1n) is 29.7. The normalized spacial score (nSPS) is 12.8. The van der Waals surface area contributed by atoms with Gasteiger partial charge in [0.1, 0.15) is 0 Å². The Balaban J connectivity index is 0.971. The average molecular weight is 1090 g/mol. The standard InChI is InChI=1S/C80H57BN4/c1-80(2,3)58-48-77-79-78(49-58)85(71-36-20-27-54-23-12-15-31-64(54)71)76-51-62(84-72-34-18-16-32-65(72)66-33-17-19-35-73(66)84)42-44-70(76)81(79)69-43-41-61(50-75(69)83(77)60-39-37-53(38-40-60)52-21-6-4-7-22-52)82(59-28-8-5-9-29-59)74-47-57-26-13-14-30-63(57)67-45-55-24-10-11-25-56(55)46-68(67)74/h4-51H,1-3H3. The first kappa shape index (κ1) is 49.0. The van der Waals surface area contributed by atoms with Gasteiger partial charge in [-0.3, -0.25) is 0 Å². The van der Waals surface area contributed by atoms with Crippen molar-refractivity contribution in [2.24, 2.45) is 0 Å². The molecule has 0 unspecified atom stereocenters. The number of nitrogens with zero attached hydrogens (tertiary/aromatic N) is 4. The highest BCUT2D eigenvalue weighted by molar-refractivity contribution is 7.00. The number of aromatic nitrogens is 1. The minimum absolute atomic E-state index is 0.130. The zero-order chi connectivity index (χ0) is 56.5. The van der Waals surface area contributed by atoms with E-state index in [1.54, 1.807) is 0 Å². The van der Waals surface area contributed by atoms with Gasteiger partial charge in [0.15, 0.2) is 0 Å². The summed E-state index contributed by atoms with van der Waals surface area (Å²) < 4.78 is 2.47. The lowest BCUT2D eigenvalue weighted by molar-refractivity contribution is 0.590. The van der Waals surface area contributed by atoms with Crippen LogP contribution in [0.3, 0.4) is 0 Å². The second kappa shape index (κ2) is 19.0. The zero-order valence-corrected chi connectivity index (χ0v) is 47.6. The van der Waals surface area contributed by atoms with Crippen LogP contribution < -0.4 is 31.1 Å². The summed E-state index contributed by atoms with van der Waals surface area (Å²) in [6.07, 6.45) is 0. The van der Waals surface area contributed by atoms with Crippen LogP contribution in [0, 0.1) is 0 Å². The Morgan fingerprint density at radius 2 is 0.847 bits per heavy atom. The fourth-order valence-corrected chi connectivity index (χ4v) is 14.2. The summed E-state index contributed by atoms with van der Waals surface area (Å²) in [5.74, 6) is 0. The van der Waals surface area contributed by atoms with E-state index < -0.39 is 0 Å². The molecule has 0 saturated carbocycles. The summed E-state index contributed by atoms with van der Waals surface area (Å²) in [6.45, 7) is 6.96. The smallest absolute Gasteiger partial charge is 0.252 e. The highest BCUT2D eigenvalue weighted by Crippen LogP contribution is 2.51. The van der Waals surface area contributed by atoms with Gasteiger partial charge in [-0.2, -0.15) is 0 Å². The first-order chi connectivity index (χ1) is 41.8. The number of rotatable bonds is 7. The molecule has 5 heteroatoms. The topological polar surface area (TPSA) is 14.7 Å². The van der Waals surface area contributed by atoms with E-state index in [1.165, 1.54) is 115 Å². The SMILES string of the molecule is CC(C)(C)c1cc2c3c(c1)N(c1cccc4ccccc14)c1cc(-n4c5ccccc5c5ccccc54)ccc1B3c1ccc(N(c3ccccc3)c3cc4ccccc4c4cc5ccccc5cc34)cc1N2c1ccc(-c2ccccc2)cc1. The maximum Gasteiger partial charge on any atom is 0.252 e. The molecule has 85 heavy (non-hydrogen) atoms. The minimum Gasteiger partial charge on any atom is -0.311 e. The van der Waals surface area contributed by atoms with Crippen LogP contribution in [0.4, 0.5) is 51.2 Å². The molecule has 0 spiro atoms. The van der Waals surface area contributed by atoms with Crippen molar-refractivity contribution in [1.82, 2.24) is 4.57 Å². The van der Waals surface area contributed by atoms with Crippen LogP contribution in [-0.4, -0.2) is 11.3 Å². The van der Waals surface area contributed by atoms with Gasteiger partial charge in [0, 0.05) is 67.0 Å². The largest absolute Gasteiger partial charge is 0.311 e. The van der Waals surface area contributed by atoms with E-state index in [2.05, 4.69) is 331 Å². The van der Waals surface area contributed by atoms with Gasteiger partial charge in [0.25, 0.3) is 6.71 Å². The van der Waals surface area contributed by atoms with Crippen LogP contribution in [0.5, 0.6) is 0 Å². The number of hydrogen-bond acceptors (Lipinski definition) is 3. The molecule has 0 bridgehead atoms. The number of para-hydroxylation sites is 3. The van der Waals surface area contributed by atoms with Crippen LogP contribution in [0.1, 0.15) is 26.3 Å². The molecular formula is C80H57BN4. The Morgan fingerprint density at radius 1 is 0.318 bits per heavy atom. The van der Waals surface area contributed by atoms with Gasteiger partial charge in [0.05, 0.1) is 22.4 Å². The molecule has 0 fully saturated rings. The molecule has 4 nitrogen and oxygen atoms in total. The summed E-state index contributed by atoms with van der Waals surface area (Å²) >= 11 is 0. The predicted molar refractivity (Wildman–Crippen MR) is 364 cm³/mol. The van der Waals surface area contributed by atoms with Gasteiger partial charge in [-0.05, 0) is 168 Å². The molecule has 15 aromatic rings. The van der Waals surface area contributed by atoms with Gasteiger partial charge in [-0.15, -0.1) is 0 Å². The maximum atomic E-state index is 2.61. The van der Waals surface area contributed by atoms with E-state index >= 15 is 0 Å². The predicted octanol–water partition coefficient (Wildman–Crippen LogP) is 19.9. The van der Waals surface area contributed by atoms with Crippen molar-refractivity contribution in [3.63, 3.8) is 0 Å². The van der Waals surface area contributed by atoms with E-state index in [0.717, 1.165) is 39.8 Å². The van der Waals surface area contributed by atoms with Gasteiger partial charge in [-0.25, -0.2) is 0 Å². The van der Waals surface area contributed by atoms with Crippen LogP contribution in [0.15, 0.2) is 291 Å². The molecule has 14 aromatic carbocycles. The number of fused-ring (bicyclic) bond motifs is 12. The molecule has 400 valence electrons. The van der Waals surface area contributed by atoms with E-state index in [4.69, 9.17) is 0 Å². The summed E-state index contributed by atoms with van der Waals surface area (Å²) in [5, 5.41) is 12.2. The highest BCUT2D eigenvalue weighted by Gasteiger charge is 2.45. The Kier molecular flexibility index (Phi) is 10.9. The fraction of sp³-hybridized carbons (Fsp3) is 0.0500. The van der Waals surface area contributed by atoms with Crippen LogP contribution >= 0.6 is 0 Å². The summed E-state index contributed by atoms with van der Waals surface area (Å²) in [6, 6.07) is 109. The third-order valence-electron chi connectivity index (χ3n) is 18.2. The van der Waals surface area contributed by atoms with Crippen molar-refractivity contribution < 1.29 is 0 Å². The van der Waals surface area contributed by atoms with Crippen LogP contribution in [0.2, 0.25) is 0 Å². The lowest BCUT2D eigenvalue weighted by atomic mass is 9.33. The average Bonchev–Trinajstić information content (AvgIpc) is 1.93. The van der Waals surface area contributed by atoms with Gasteiger partial charge in [0.2, 0.25) is 0 Å². The van der Waals surface area contributed by atoms with Crippen molar-refractivity contribution in [2.75, 3.05) is 14.7 Å². The molecular weight excluding hydrogens is 1030 g/mol. The first-order valence-corrected chi connectivity index (χ1v) is 29.7. The van der Waals surface area contributed by atoms with Gasteiger partial charge >= 0.3 is 0 Å². The molecule has 3 heterocycles. The molecule has 0 atom stereocenters. The van der Waals surface area contributed by atoms with Crippen molar-refractivity contribution in [3.05, 3.63) is 297 Å². The number of hydrogen-bond donors (Lipinski definition) is 0. The van der Waals surface area contributed by atoms with Crippen molar-refractivity contribution >= 4 is 139 Å². The van der Waals surface area contributed by atoms with Crippen LogP contribution in [0.25, 0.3) is 81.7 Å². The Morgan fingerprint density at radius 3 is 1.54 bits per heavy atom. The summed E-state index contributed by atoms with van der Waals surface area (Å²) in [5.41, 5.74) is 21.0. The molecule has 1 aromatic heterocycles. The number of benzene rings is 14. The van der Waals surface area contributed by atoms with E-state index in [-0.39, 0.29) is 12.1 Å². The number of anilines is 9. The molecule has 0 amide bonds. The third kappa shape index (κ3) is 7.70. The van der Waals surface area contributed by atoms with Crippen molar-refractivity contribution in [1.29, 1.82) is 0 Å². The van der Waals surface area contributed by atoms with E-state index in [0.29, 0.717) is 0 Å². The molecule has 0 radical (unpaired) electrons. The molecule has 0 N–H and O–H groups in total. The van der Waals surface area contributed by atoms with Gasteiger partial charge in [-0.1, -0.05) is 215 Å². The van der Waals surface area contributed by atoms with Crippen molar-refractivity contribution in [3.8, 4) is 16.8 Å². The highest BCUT2D eigenvalue weighted by atomic mass is 15.2. The Bertz CT molecular complexity index is 5140. The zero-order valence-electron chi connectivity index (χ0n) is 47.6. The minimum atomic E-state index is -0.215. The van der Waals surface area contributed by atoms with E-state index in [9.17, 15) is 0 Å². The monoisotopic (exact) mass is 1080 g/mol. The second-order valence-corrected chi connectivity index (χ2v) is 24.1. The molecule has 0 aliphatic carbocycles.